The normalized spacial score (nSPS) is 12.0. The highest BCUT2D eigenvalue weighted by Crippen LogP contribution is 2.31. The van der Waals surface area contributed by atoms with Crippen LogP contribution in [0.3, 0.4) is 0 Å². The number of carbonyl (C=O) groups is 2. The summed E-state index contributed by atoms with van der Waals surface area (Å²) < 4.78 is 19.6. The molecule has 36 heavy (non-hydrogen) atoms. The molecule has 0 aliphatic rings. The molecular weight excluding hydrogens is 455 g/mol. The lowest BCUT2D eigenvalue weighted by molar-refractivity contribution is -0.142. The SMILES string of the molecule is CCNC(=O)[C@@H](Cc1ccccc1)N(Cc1ccc(F)cc1)C(=O)COc1ccccc1C(C)(C)C. The zero-order valence-electron chi connectivity index (χ0n) is 21.5. The molecule has 0 aromatic heterocycles. The molecule has 3 aromatic carbocycles. The summed E-state index contributed by atoms with van der Waals surface area (Å²) in [6.07, 6.45) is 0.345. The van der Waals surface area contributed by atoms with Crippen LogP contribution in [0.5, 0.6) is 5.75 Å². The highest BCUT2D eigenvalue weighted by Gasteiger charge is 2.31. The van der Waals surface area contributed by atoms with Crippen molar-refractivity contribution < 1.29 is 18.7 Å². The number of nitrogens with one attached hydrogen (secondary N) is 1. The van der Waals surface area contributed by atoms with Gasteiger partial charge in [-0.15, -0.1) is 0 Å². The Kier molecular flexibility index (Phi) is 9.23. The smallest absolute Gasteiger partial charge is 0.261 e. The fraction of sp³-hybridized carbons (Fsp3) is 0.333. The van der Waals surface area contributed by atoms with Crippen LogP contribution in [0, 0.1) is 5.82 Å². The van der Waals surface area contributed by atoms with E-state index in [1.807, 2.05) is 61.5 Å². The van der Waals surface area contributed by atoms with Crippen LogP contribution in [-0.4, -0.2) is 35.9 Å². The van der Waals surface area contributed by atoms with E-state index < -0.39 is 6.04 Å². The molecule has 0 bridgehead atoms. The molecule has 0 spiro atoms. The van der Waals surface area contributed by atoms with Crippen molar-refractivity contribution >= 4 is 11.8 Å². The van der Waals surface area contributed by atoms with E-state index in [1.165, 1.54) is 17.0 Å². The van der Waals surface area contributed by atoms with E-state index in [9.17, 15) is 14.0 Å². The van der Waals surface area contributed by atoms with Crippen molar-refractivity contribution in [2.45, 2.75) is 52.1 Å². The summed E-state index contributed by atoms with van der Waals surface area (Å²) in [5, 5.41) is 2.87. The van der Waals surface area contributed by atoms with E-state index in [0.717, 1.165) is 16.7 Å². The Balaban J connectivity index is 1.91. The highest BCUT2D eigenvalue weighted by atomic mass is 19.1. The molecule has 6 heteroatoms. The second kappa shape index (κ2) is 12.3. The van der Waals surface area contributed by atoms with Gasteiger partial charge >= 0.3 is 0 Å². The molecule has 0 unspecified atom stereocenters. The minimum absolute atomic E-state index is 0.151. The summed E-state index contributed by atoms with van der Waals surface area (Å²) in [5.74, 6) is -0.289. The van der Waals surface area contributed by atoms with Crippen LogP contribution in [0.25, 0.3) is 0 Å². The summed E-state index contributed by atoms with van der Waals surface area (Å²) in [6, 6.07) is 22.5. The Hall–Kier alpha value is -3.67. The third-order valence-corrected chi connectivity index (χ3v) is 5.93. The van der Waals surface area contributed by atoms with Gasteiger partial charge in [-0.2, -0.15) is 0 Å². The van der Waals surface area contributed by atoms with E-state index in [1.54, 1.807) is 12.1 Å². The molecule has 190 valence electrons. The highest BCUT2D eigenvalue weighted by molar-refractivity contribution is 5.88. The number of nitrogens with zero attached hydrogens (tertiary/aromatic N) is 1. The Morgan fingerprint density at radius 3 is 2.19 bits per heavy atom. The molecule has 3 aromatic rings. The third-order valence-electron chi connectivity index (χ3n) is 5.93. The van der Waals surface area contributed by atoms with Gasteiger partial charge in [0.2, 0.25) is 5.91 Å². The summed E-state index contributed by atoms with van der Waals surface area (Å²) in [5.41, 5.74) is 2.49. The van der Waals surface area contributed by atoms with Gasteiger partial charge in [0.15, 0.2) is 6.61 Å². The number of rotatable bonds is 10. The predicted octanol–water partition coefficient (Wildman–Crippen LogP) is 5.28. The van der Waals surface area contributed by atoms with Crippen molar-refractivity contribution in [1.82, 2.24) is 10.2 Å². The summed E-state index contributed by atoms with van der Waals surface area (Å²) in [6.45, 7) is 8.47. The van der Waals surface area contributed by atoms with E-state index in [-0.39, 0.29) is 36.2 Å². The van der Waals surface area contributed by atoms with Crippen molar-refractivity contribution in [3.8, 4) is 5.75 Å². The van der Waals surface area contributed by atoms with Gasteiger partial charge in [0.25, 0.3) is 5.91 Å². The Morgan fingerprint density at radius 2 is 1.56 bits per heavy atom. The first-order chi connectivity index (χ1) is 17.2. The second-order valence-electron chi connectivity index (χ2n) is 9.78. The van der Waals surface area contributed by atoms with Crippen molar-refractivity contribution in [3.63, 3.8) is 0 Å². The molecule has 0 saturated heterocycles. The topological polar surface area (TPSA) is 58.6 Å². The largest absolute Gasteiger partial charge is 0.483 e. The molecule has 0 heterocycles. The lowest BCUT2D eigenvalue weighted by Gasteiger charge is -2.31. The van der Waals surface area contributed by atoms with Crippen LogP contribution in [0.4, 0.5) is 4.39 Å². The van der Waals surface area contributed by atoms with Gasteiger partial charge in [-0.25, -0.2) is 4.39 Å². The summed E-state index contributed by atoms with van der Waals surface area (Å²) >= 11 is 0. The zero-order chi connectivity index (χ0) is 26.1. The van der Waals surface area contributed by atoms with Gasteiger partial charge in [-0.3, -0.25) is 9.59 Å². The molecule has 0 aliphatic heterocycles. The van der Waals surface area contributed by atoms with E-state index >= 15 is 0 Å². The monoisotopic (exact) mass is 490 g/mol. The number of para-hydroxylation sites is 1. The van der Waals surface area contributed by atoms with E-state index in [4.69, 9.17) is 4.74 Å². The fourth-order valence-electron chi connectivity index (χ4n) is 4.07. The molecule has 0 radical (unpaired) electrons. The maximum atomic E-state index is 13.6. The molecule has 0 fully saturated rings. The second-order valence-corrected chi connectivity index (χ2v) is 9.78. The van der Waals surface area contributed by atoms with Crippen LogP contribution in [0.1, 0.15) is 44.4 Å². The van der Waals surface area contributed by atoms with Gasteiger partial charge in [0, 0.05) is 19.5 Å². The van der Waals surface area contributed by atoms with Gasteiger partial charge in [-0.05, 0) is 47.2 Å². The van der Waals surface area contributed by atoms with Crippen LogP contribution in [0.15, 0.2) is 78.9 Å². The number of halogens is 1. The molecule has 2 amide bonds. The van der Waals surface area contributed by atoms with Crippen molar-refractivity contribution in [2.75, 3.05) is 13.2 Å². The maximum Gasteiger partial charge on any atom is 0.261 e. The molecule has 0 saturated carbocycles. The van der Waals surface area contributed by atoms with E-state index in [2.05, 4.69) is 26.1 Å². The van der Waals surface area contributed by atoms with Gasteiger partial charge in [-0.1, -0.05) is 81.4 Å². The first kappa shape index (κ1) is 26.9. The molecule has 5 nitrogen and oxygen atoms in total. The van der Waals surface area contributed by atoms with Crippen LogP contribution < -0.4 is 10.1 Å². The summed E-state index contributed by atoms with van der Waals surface area (Å²) in [7, 11) is 0. The van der Waals surface area contributed by atoms with Crippen molar-refractivity contribution in [3.05, 3.63) is 101 Å². The number of carbonyl (C=O) groups excluding carboxylic acids is 2. The Bertz CT molecular complexity index is 1140. The van der Waals surface area contributed by atoms with Crippen molar-refractivity contribution in [1.29, 1.82) is 0 Å². The van der Waals surface area contributed by atoms with Crippen LogP contribution >= 0.6 is 0 Å². The number of likely N-dealkylation sites (N-methyl/N-ethyl adjacent to an activating group) is 1. The minimum Gasteiger partial charge on any atom is -0.483 e. The number of ether oxygens (including phenoxy) is 1. The van der Waals surface area contributed by atoms with Crippen LogP contribution in [0.2, 0.25) is 0 Å². The average molecular weight is 491 g/mol. The molecule has 0 aliphatic carbocycles. The van der Waals surface area contributed by atoms with Gasteiger partial charge in [0.05, 0.1) is 0 Å². The minimum atomic E-state index is -0.758. The Morgan fingerprint density at radius 1 is 0.917 bits per heavy atom. The number of benzene rings is 3. The van der Waals surface area contributed by atoms with Gasteiger partial charge in [0.1, 0.15) is 17.6 Å². The lowest BCUT2D eigenvalue weighted by atomic mass is 9.86. The number of hydrogen-bond donors (Lipinski definition) is 1. The number of amides is 2. The fourth-order valence-corrected chi connectivity index (χ4v) is 4.07. The molecule has 3 rings (SSSR count). The first-order valence-electron chi connectivity index (χ1n) is 12.3. The standard InChI is InChI=1S/C30H35FN2O3/c1-5-32-29(35)26(19-22-11-7-6-8-12-22)33(20-23-15-17-24(31)18-16-23)28(34)21-36-27-14-10-9-13-25(27)30(2,3)4/h6-18,26H,5,19-21H2,1-4H3,(H,32,35)/t26-/m1/s1. The maximum absolute atomic E-state index is 13.6. The molecule has 1 N–H and O–H groups in total. The first-order valence-corrected chi connectivity index (χ1v) is 12.3. The quantitative estimate of drug-likeness (QED) is 0.421. The third kappa shape index (κ3) is 7.41. The van der Waals surface area contributed by atoms with E-state index in [0.29, 0.717) is 18.7 Å². The predicted molar refractivity (Wildman–Crippen MR) is 140 cm³/mol. The van der Waals surface area contributed by atoms with Crippen LogP contribution in [-0.2, 0) is 28.0 Å². The summed E-state index contributed by atoms with van der Waals surface area (Å²) in [4.78, 5) is 28.4. The zero-order valence-corrected chi connectivity index (χ0v) is 21.5. The molecule has 1 atom stereocenters. The molecular formula is C30H35FN2O3. The van der Waals surface area contributed by atoms with Crippen molar-refractivity contribution in [2.24, 2.45) is 0 Å². The number of hydrogen-bond acceptors (Lipinski definition) is 3. The Labute approximate surface area is 213 Å². The lowest BCUT2D eigenvalue weighted by Crippen LogP contribution is -2.51. The van der Waals surface area contributed by atoms with Gasteiger partial charge < -0.3 is 15.0 Å². The average Bonchev–Trinajstić information content (AvgIpc) is 2.86.